The van der Waals surface area contributed by atoms with Gasteiger partial charge in [0.2, 0.25) is 0 Å². The molecule has 1 unspecified atom stereocenters. The third kappa shape index (κ3) is 3.73. The highest BCUT2D eigenvalue weighted by atomic mass is 31.1. The Hall–Kier alpha value is -2.00. The standard InChI is InChI=1S/C16H14O.C3H7O3P/c1-9-4-6-13(11(3)10(9)2)16(17)15-8-12-5-7-14(12)15;1-2-3-6-7(4)5/h4-8H,1-3H3;2,7H,1,3H2,(H,4,5). The molecule has 2 aliphatic rings. The van der Waals surface area contributed by atoms with E-state index in [2.05, 4.69) is 25.0 Å². The molecule has 1 aromatic carbocycles. The summed E-state index contributed by atoms with van der Waals surface area (Å²) >= 11 is 0. The van der Waals surface area contributed by atoms with E-state index in [4.69, 9.17) is 4.89 Å². The van der Waals surface area contributed by atoms with Crippen LogP contribution < -0.4 is 0 Å². The molecule has 1 N–H and O–H groups in total. The number of hydrogen-bond donors (Lipinski definition) is 1. The first-order valence-electron chi connectivity index (χ1n) is 7.59. The maximum absolute atomic E-state index is 12.4. The van der Waals surface area contributed by atoms with Crippen LogP contribution in [0.1, 0.15) is 32.6 Å². The van der Waals surface area contributed by atoms with Crippen LogP contribution in [0.4, 0.5) is 0 Å². The topological polar surface area (TPSA) is 63.6 Å². The summed E-state index contributed by atoms with van der Waals surface area (Å²) in [7, 11) is -2.72. The summed E-state index contributed by atoms with van der Waals surface area (Å²) in [6, 6.07) is 10.0. The number of hydrogen-bond acceptors (Lipinski definition) is 3. The van der Waals surface area contributed by atoms with Gasteiger partial charge in [-0.05, 0) is 54.7 Å². The molecule has 0 amide bonds. The number of benzene rings is 2. The van der Waals surface area contributed by atoms with E-state index in [1.54, 1.807) is 0 Å². The van der Waals surface area contributed by atoms with Crippen molar-refractivity contribution in [2.45, 2.75) is 20.8 Å². The van der Waals surface area contributed by atoms with E-state index in [-0.39, 0.29) is 12.4 Å². The molecule has 0 bridgehead atoms. The molecule has 5 heteroatoms. The van der Waals surface area contributed by atoms with E-state index >= 15 is 0 Å². The molecule has 1 aromatic rings. The molecule has 0 heterocycles. The van der Waals surface area contributed by atoms with Gasteiger partial charge >= 0.3 is 8.25 Å². The van der Waals surface area contributed by atoms with Gasteiger partial charge in [-0.15, -0.1) is 6.58 Å². The molecule has 0 spiro atoms. The molecule has 0 saturated heterocycles. The van der Waals surface area contributed by atoms with Crippen molar-refractivity contribution in [2.75, 3.05) is 6.61 Å². The van der Waals surface area contributed by atoms with Crippen LogP contribution in [-0.4, -0.2) is 17.3 Å². The summed E-state index contributed by atoms with van der Waals surface area (Å²) in [5.41, 5.74) is 7.62. The van der Waals surface area contributed by atoms with Gasteiger partial charge in [0, 0.05) is 11.1 Å². The predicted molar refractivity (Wildman–Crippen MR) is 96.9 cm³/mol. The summed E-state index contributed by atoms with van der Waals surface area (Å²) in [6.07, 6.45) is 1.42. The number of fused-ring (bicyclic) bond motifs is 1. The lowest BCUT2D eigenvalue weighted by Gasteiger charge is -2.21. The molecule has 0 aromatic heterocycles. The molecule has 24 heavy (non-hydrogen) atoms. The van der Waals surface area contributed by atoms with Gasteiger partial charge < -0.3 is 9.42 Å². The van der Waals surface area contributed by atoms with Gasteiger partial charge in [-0.2, -0.15) is 0 Å². The third-order valence-electron chi connectivity index (χ3n) is 4.20. The van der Waals surface area contributed by atoms with Crippen LogP contribution in [0.5, 0.6) is 0 Å². The van der Waals surface area contributed by atoms with E-state index in [0.717, 1.165) is 22.3 Å². The lowest BCUT2D eigenvalue weighted by Crippen LogP contribution is -2.11. The van der Waals surface area contributed by atoms with Crippen LogP contribution in [0.15, 0.2) is 43.0 Å². The van der Waals surface area contributed by atoms with Crippen LogP contribution in [0.25, 0.3) is 11.1 Å². The summed E-state index contributed by atoms with van der Waals surface area (Å²) < 4.78 is 13.8. The largest absolute Gasteiger partial charge is 0.326 e. The van der Waals surface area contributed by atoms with Crippen LogP contribution in [0, 0.1) is 20.8 Å². The molecule has 0 radical (unpaired) electrons. The smallest absolute Gasteiger partial charge is 0.316 e. The quantitative estimate of drug-likeness (QED) is 0.423. The second-order valence-corrected chi connectivity index (χ2v) is 6.46. The van der Waals surface area contributed by atoms with Crippen LogP contribution in [0.2, 0.25) is 0 Å². The zero-order valence-electron chi connectivity index (χ0n) is 14.1. The molecular formula is C19H21O4P. The van der Waals surface area contributed by atoms with E-state index in [0.29, 0.717) is 0 Å². The van der Waals surface area contributed by atoms with Crippen LogP contribution in [0.3, 0.4) is 0 Å². The summed E-state index contributed by atoms with van der Waals surface area (Å²) in [5.74, 6) is 0.161. The highest BCUT2D eigenvalue weighted by Crippen LogP contribution is 2.38. The van der Waals surface area contributed by atoms with Gasteiger partial charge in [0.1, 0.15) is 0 Å². The fourth-order valence-corrected chi connectivity index (χ4v) is 2.72. The summed E-state index contributed by atoms with van der Waals surface area (Å²) in [4.78, 5) is 20.3. The van der Waals surface area contributed by atoms with E-state index < -0.39 is 8.25 Å². The second-order valence-electron chi connectivity index (χ2n) is 5.64. The SMILES string of the molecule is C=CCO[PH](=O)O.Cc1ccc(C(=O)c2cc3ccc2-3)c(C)c1C. The molecule has 0 aliphatic heterocycles. The Labute approximate surface area is 142 Å². The lowest BCUT2D eigenvalue weighted by molar-refractivity contribution is 0.103. The number of carbonyl (C=O) groups is 1. The number of aryl methyl sites for hydroxylation is 1. The highest BCUT2D eigenvalue weighted by Gasteiger charge is 2.24. The van der Waals surface area contributed by atoms with Gasteiger partial charge in [0.05, 0.1) is 6.61 Å². The van der Waals surface area contributed by atoms with Crippen molar-refractivity contribution in [3.05, 3.63) is 70.8 Å². The third-order valence-corrected chi connectivity index (χ3v) is 4.62. The van der Waals surface area contributed by atoms with Crippen LogP contribution in [-0.2, 0) is 9.09 Å². The Morgan fingerprint density at radius 1 is 1.17 bits per heavy atom. The Balaban J connectivity index is 0.000000256. The minimum atomic E-state index is -2.72. The van der Waals surface area contributed by atoms with Crippen molar-refractivity contribution in [2.24, 2.45) is 0 Å². The van der Waals surface area contributed by atoms with Crippen molar-refractivity contribution in [3.8, 4) is 11.1 Å². The average molecular weight is 344 g/mol. The average Bonchev–Trinajstić information content (AvgIpc) is 2.53. The number of carbonyl (C=O) groups excluding carboxylic acids is 1. The van der Waals surface area contributed by atoms with Crippen molar-refractivity contribution in [1.29, 1.82) is 0 Å². The predicted octanol–water partition coefficient (Wildman–Crippen LogP) is 4.39. The van der Waals surface area contributed by atoms with Gasteiger partial charge in [-0.3, -0.25) is 9.36 Å². The first-order chi connectivity index (χ1) is 11.4. The first kappa shape index (κ1) is 18.3. The zero-order valence-corrected chi connectivity index (χ0v) is 15.1. The second kappa shape index (κ2) is 7.71. The van der Waals surface area contributed by atoms with Gasteiger partial charge in [-0.1, -0.05) is 30.3 Å². The Morgan fingerprint density at radius 2 is 1.88 bits per heavy atom. The van der Waals surface area contributed by atoms with Gasteiger partial charge in [0.25, 0.3) is 0 Å². The van der Waals surface area contributed by atoms with Gasteiger partial charge in [-0.25, -0.2) is 0 Å². The summed E-state index contributed by atoms with van der Waals surface area (Å²) in [5, 5.41) is 0. The molecule has 0 fully saturated rings. The first-order valence-corrected chi connectivity index (χ1v) is 8.85. The maximum Gasteiger partial charge on any atom is 0.316 e. The Kier molecular flexibility index (Phi) is 5.89. The molecule has 1 atom stereocenters. The normalized spacial score (nSPS) is 12.0. The minimum absolute atomic E-state index is 0.147. The van der Waals surface area contributed by atoms with Gasteiger partial charge in [0.15, 0.2) is 5.78 Å². The van der Waals surface area contributed by atoms with E-state index in [1.807, 2.05) is 37.3 Å². The summed E-state index contributed by atoms with van der Waals surface area (Å²) in [6.45, 7) is 9.60. The van der Waals surface area contributed by atoms with Crippen molar-refractivity contribution in [1.82, 2.24) is 0 Å². The molecule has 0 saturated carbocycles. The molecular weight excluding hydrogens is 323 g/mol. The zero-order chi connectivity index (χ0) is 17.9. The number of rotatable bonds is 5. The molecule has 2 aliphatic carbocycles. The van der Waals surface area contributed by atoms with Crippen molar-refractivity contribution in [3.63, 3.8) is 0 Å². The van der Waals surface area contributed by atoms with Crippen LogP contribution >= 0.6 is 8.25 Å². The molecule has 3 rings (SSSR count). The monoisotopic (exact) mass is 344 g/mol. The van der Waals surface area contributed by atoms with Crippen molar-refractivity contribution >= 4 is 14.0 Å². The lowest BCUT2D eigenvalue weighted by atomic mass is 9.81. The van der Waals surface area contributed by atoms with E-state index in [1.165, 1.54) is 22.8 Å². The number of ketones is 1. The van der Waals surface area contributed by atoms with E-state index in [9.17, 15) is 9.36 Å². The Morgan fingerprint density at radius 3 is 2.29 bits per heavy atom. The maximum atomic E-state index is 12.4. The fourth-order valence-electron chi connectivity index (χ4n) is 2.45. The molecule has 4 nitrogen and oxygen atoms in total. The van der Waals surface area contributed by atoms with Crippen molar-refractivity contribution < 1.29 is 18.8 Å². The molecule has 126 valence electrons. The fraction of sp³-hybridized carbons (Fsp3) is 0.211. The minimum Gasteiger partial charge on any atom is -0.326 e. The Bertz CT molecular complexity index is 824. The highest BCUT2D eigenvalue weighted by molar-refractivity contribution is 7.32.